The molecule has 0 aromatic heterocycles. The maximum absolute atomic E-state index is 6.05. The van der Waals surface area contributed by atoms with Crippen molar-refractivity contribution < 1.29 is 0 Å². The lowest BCUT2D eigenvalue weighted by atomic mass is 9.85. The Labute approximate surface area is 122 Å². The average Bonchev–Trinajstić information content (AvgIpc) is 1.92. The van der Waals surface area contributed by atoms with Gasteiger partial charge < -0.3 is 0 Å². The van der Waals surface area contributed by atoms with Crippen molar-refractivity contribution in [2.24, 2.45) is 10.8 Å². The molecule has 0 aliphatic carbocycles. The van der Waals surface area contributed by atoms with Crippen molar-refractivity contribution in [2.75, 3.05) is 0 Å². The summed E-state index contributed by atoms with van der Waals surface area (Å²) in [5.74, 6) is 0. The van der Waals surface area contributed by atoms with Gasteiger partial charge in [0.05, 0.1) is 0 Å². The quantitative estimate of drug-likeness (QED) is 0.564. The molecule has 2 heteroatoms. The molecule has 0 nitrogen and oxygen atoms in total. The Morgan fingerprint density at radius 3 is 1.00 bits per heavy atom. The minimum absolute atomic E-state index is 0.312. The van der Waals surface area contributed by atoms with Crippen molar-refractivity contribution in [3.05, 3.63) is 0 Å². The number of hydrogen-bond donors (Lipinski definition) is 0. The van der Waals surface area contributed by atoms with E-state index in [2.05, 4.69) is 69.2 Å². The van der Waals surface area contributed by atoms with Gasteiger partial charge in [0.2, 0.25) is 0 Å². The summed E-state index contributed by atoms with van der Waals surface area (Å²) in [6.07, 6.45) is 2.46. The minimum Gasteiger partial charge on any atom is -0.0998 e. The normalized spacial score (nSPS) is 15.3. The predicted octanol–water partition coefficient (Wildman–Crippen LogP) is 6.09. The molecule has 0 aromatic carbocycles. The van der Waals surface area contributed by atoms with Crippen molar-refractivity contribution in [3.8, 4) is 0 Å². The van der Waals surface area contributed by atoms with Gasteiger partial charge in [0.15, 0.2) is 0 Å². The summed E-state index contributed by atoms with van der Waals surface area (Å²) in [6, 6.07) is 0. The summed E-state index contributed by atoms with van der Waals surface area (Å²) in [4.78, 5) is 0. The third kappa shape index (κ3) is 6.71. The van der Waals surface area contributed by atoms with Crippen LogP contribution in [0.15, 0.2) is 0 Å². The van der Waals surface area contributed by atoms with Gasteiger partial charge in [-0.1, -0.05) is 81.0 Å². The number of hydrogen-bond acceptors (Lipinski definition) is 1. The average molecular weight is 290 g/mol. The molecule has 0 aromatic rings. The van der Waals surface area contributed by atoms with E-state index in [1.165, 1.54) is 12.8 Å². The molecule has 0 rings (SSSR count). The third-order valence-corrected chi connectivity index (χ3v) is 9.30. The number of rotatable bonds is 4. The topological polar surface area (TPSA) is 0 Å². The SMILES string of the molecule is CC(C)(C)CC(C)(C)[PH](=S)C(C)(C)CC(C)(C)C. The molecule has 0 aliphatic rings. The van der Waals surface area contributed by atoms with E-state index in [1.807, 2.05) is 0 Å². The van der Waals surface area contributed by atoms with Crippen molar-refractivity contribution in [2.45, 2.75) is 92.4 Å². The molecule has 0 heterocycles. The zero-order valence-electron chi connectivity index (χ0n) is 14.3. The molecule has 0 amide bonds. The van der Waals surface area contributed by atoms with Gasteiger partial charge in [0, 0.05) is 0 Å². The molecule has 110 valence electrons. The molecule has 0 aliphatic heterocycles. The third-order valence-electron chi connectivity index (χ3n) is 3.17. The fourth-order valence-corrected chi connectivity index (χ4v) is 7.38. The van der Waals surface area contributed by atoms with E-state index >= 15 is 0 Å². The van der Waals surface area contributed by atoms with Gasteiger partial charge in [-0.05, 0) is 40.7 Å². The van der Waals surface area contributed by atoms with E-state index in [9.17, 15) is 0 Å². The van der Waals surface area contributed by atoms with E-state index in [4.69, 9.17) is 11.8 Å². The fraction of sp³-hybridized carbons (Fsp3) is 1.00. The van der Waals surface area contributed by atoms with Crippen LogP contribution in [0.25, 0.3) is 0 Å². The Balaban J connectivity index is 5.02. The summed E-state index contributed by atoms with van der Waals surface area (Å²) < 4.78 is 0. The molecular formula is C16H35PS. The summed E-state index contributed by atoms with van der Waals surface area (Å²) in [5, 5.41) is 0.625. The van der Waals surface area contributed by atoms with Crippen LogP contribution in [0.5, 0.6) is 0 Å². The monoisotopic (exact) mass is 290 g/mol. The first-order chi connectivity index (χ1) is 7.57. The molecule has 0 unspecified atom stereocenters. The minimum atomic E-state index is -0.825. The van der Waals surface area contributed by atoms with E-state index in [1.54, 1.807) is 0 Å². The van der Waals surface area contributed by atoms with E-state index < -0.39 is 6.70 Å². The first kappa shape index (κ1) is 18.7. The van der Waals surface area contributed by atoms with E-state index in [-0.39, 0.29) is 0 Å². The highest BCUT2D eigenvalue weighted by Gasteiger charge is 2.38. The Hall–Kier alpha value is 0.650. The van der Waals surface area contributed by atoms with Gasteiger partial charge in [-0.15, -0.1) is 0 Å². The predicted molar refractivity (Wildman–Crippen MR) is 92.0 cm³/mol. The highest BCUT2D eigenvalue weighted by molar-refractivity contribution is 8.06. The largest absolute Gasteiger partial charge is 0.0998 e. The smallest absolute Gasteiger partial charge is 0.00762 e. The molecule has 0 saturated heterocycles. The second-order valence-electron chi connectivity index (χ2n) is 9.57. The summed E-state index contributed by atoms with van der Waals surface area (Å²) in [7, 11) is 0. The Morgan fingerprint density at radius 2 is 0.833 bits per heavy atom. The van der Waals surface area contributed by atoms with E-state index in [0.29, 0.717) is 21.1 Å². The molecule has 0 spiro atoms. The maximum atomic E-state index is 6.05. The molecule has 0 saturated carbocycles. The first-order valence-corrected chi connectivity index (χ1v) is 9.75. The lowest BCUT2D eigenvalue weighted by Gasteiger charge is -2.43. The van der Waals surface area contributed by atoms with Gasteiger partial charge in [-0.3, -0.25) is 0 Å². The lowest BCUT2D eigenvalue weighted by Crippen LogP contribution is -2.32. The highest BCUT2D eigenvalue weighted by Crippen LogP contribution is 2.57. The summed E-state index contributed by atoms with van der Waals surface area (Å²) >= 11 is 6.05. The standard InChI is InChI=1S/C16H35PS/c1-13(2,3)11-15(7,8)17(18)16(9,10)12-14(4,5)6/h17H,11-12H2,1-10H3. The highest BCUT2D eigenvalue weighted by atomic mass is 32.4. The lowest BCUT2D eigenvalue weighted by molar-refractivity contribution is 0.320. The molecule has 0 atom stereocenters. The van der Waals surface area contributed by atoms with Crippen molar-refractivity contribution in [1.82, 2.24) is 0 Å². The molecular weight excluding hydrogens is 255 g/mol. The Kier molecular flexibility index (Phi) is 5.77. The van der Waals surface area contributed by atoms with Gasteiger partial charge in [-0.2, -0.15) is 0 Å². The van der Waals surface area contributed by atoms with Crippen LogP contribution in [0.2, 0.25) is 0 Å². The molecule has 0 radical (unpaired) electrons. The zero-order valence-corrected chi connectivity index (χ0v) is 16.1. The van der Waals surface area contributed by atoms with Crippen LogP contribution in [0.3, 0.4) is 0 Å². The second kappa shape index (κ2) is 5.57. The van der Waals surface area contributed by atoms with Gasteiger partial charge >= 0.3 is 0 Å². The summed E-state index contributed by atoms with van der Waals surface area (Å²) in [5.41, 5.74) is 0.742. The van der Waals surface area contributed by atoms with Crippen molar-refractivity contribution >= 4 is 18.5 Å². The first-order valence-electron chi connectivity index (χ1n) is 7.12. The van der Waals surface area contributed by atoms with Crippen LogP contribution in [-0.2, 0) is 11.8 Å². The zero-order chi connectivity index (χ0) is 15.0. The van der Waals surface area contributed by atoms with Crippen LogP contribution < -0.4 is 0 Å². The van der Waals surface area contributed by atoms with E-state index in [0.717, 1.165) is 0 Å². The van der Waals surface area contributed by atoms with Crippen LogP contribution in [0.1, 0.15) is 82.1 Å². The van der Waals surface area contributed by atoms with Crippen LogP contribution >= 0.6 is 6.70 Å². The summed E-state index contributed by atoms with van der Waals surface area (Å²) in [6.45, 7) is 22.7. The van der Waals surface area contributed by atoms with Crippen LogP contribution in [0.4, 0.5) is 0 Å². The Bertz CT molecular complexity index is 270. The molecule has 0 bridgehead atoms. The van der Waals surface area contributed by atoms with Crippen molar-refractivity contribution in [3.63, 3.8) is 0 Å². The fourth-order valence-electron chi connectivity index (χ4n) is 3.73. The van der Waals surface area contributed by atoms with Gasteiger partial charge in [-0.25, -0.2) is 0 Å². The Morgan fingerprint density at radius 1 is 0.611 bits per heavy atom. The second-order valence-corrected chi connectivity index (χ2v) is 14.2. The molecule has 0 N–H and O–H groups in total. The van der Waals surface area contributed by atoms with Crippen molar-refractivity contribution in [1.29, 1.82) is 0 Å². The molecule has 0 fully saturated rings. The van der Waals surface area contributed by atoms with Gasteiger partial charge in [0.25, 0.3) is 0 Å². The molecule has 18 heavy (non-hydrogen) atoms. The van der Waals surface area contributed by atoms with Crippen LogP contribution in [-0.4, -0.2) is 10.3 Å². The van der Waals surface area contributed by atoms with Gasteiger partial charge in [0.1, 0.15) is 0 Å². The van der Waals surface area contributed by atoms with Crippen LogP contribution in [0, 0.1) is 10.8 Å². The maximum Gasteiger partial charge on any atom is -0.00762 e.